The SMILES string of the molecule is O=C(c1ccnc2ccccc12)N1CCC[C@H](N2CCCC2)C1. The lowest BCUT2D eigenvalue weighted by Gasteiger charge is -2.37. The number of likely N-dealkylation sites (tertiary alicyclic amines) is 2. The monoisotopic (exact) mass is 309 g/mol. The number of nitrogens with zero attached hydrogens (tertiary/aromatic N) is 3. The Labute approximate surface area is 137 Å². The van der Waals surface area contributed by atoms with Gasteiger partial charge in [0.15, 0.2) is 0 Å². The van der Waals surface area contributed by atoms with Gasteiger partial charge in [0.1, 0.15) is 0 Å². The topological polar surface area (TPSA) is 36.4 Å². The van der Waals surface area contributed by atoms with E-state index < -0.39 is 0 Å². The largest absolute Gasteiger partial charge is 0.337 e. The molecule has 0 aliphatic carbocycles. The Bertz CT molecular complexity index is 703. The van der Waals surface area contributed by atoms with E-state index in [-0.39, 0.29) is 5.91 Å². The Morgan fingerprint density at radius 2 is 1.87 bits per heavy atom. The molecule has 1 aromatic carbocycles. The maximum atomic E-state index is 13.1. The maximum Gasteiger partial charge on any atom is 0.254 e. The summed E-state index contributed by atoms with van der Waals surface area (Å²) < 4.78 is 0. The highest BCUT2D eigenvalue weighted by Crippen LogP contribution is 2.23. The van der Waals surface area contributed by atoms with Crippen molar-refractivity contribution in [2.24, 2.45) is 0 Å². The molecule has 0 bridgehead atoms. The average Bonchev–Trinajstić information content (AvgIpc) is 3.15. The Morgan fingerprint density at radius 3 is 2.74 bits per heavy atom. The van der Waals surface area contributed by atoms with E-state index in [4.69, 9.17) is 0 Å². The van der Waals surface area contributed by atoms with E-state index in [1.54, 1.807) is 6.20 Å². The first-order chi connectivity index (χ1) is 11.3. The van der Waals surface area contributed by atoms with Crippen LogP contribution in [0.4, 0.5) is 0 Å². The van der Waals surface area contributed by atoms with Gasteiger partial charge in [-0.3, -0.25) is 14.7 Å². The summed E-state index contributed by atoms with van der Waals surface area (Å²) >= 11 is 0. The van der Waals surface area contributed by atoms with Crippen LogP contribution in [0.5, 0.6) is 0 Å². The zero-order valence-electron chi connectivity index (χ0n) is 13.4. The van der Waals surface area contributed by atoms with Gasteiger partial charge in [0.05, 0.1) is 11.1 Å². The quantitative estimate of drug-likeness (QED) is 0.856. The van der Waals surface area contributed by atoms with Gasteiger partial charge in [-0.2, -0.15) is 0 Å². The number of carbonyl (C=O) groups excluding carboxylic acids is 1. The second-order valence-electron chi connectivity index (χ2n) is 6.67. The summed E-state index contributed by atoms with van der Waals surface area (Å²) in [4.78, 5) is 22.0. The fourth-order valence-electron chi connectivity index (χ4n) is 4.00. The van der Waals surface area contributed by atoms with Gasteiger partial charge < -0.3 is 4.90 Å². The number of fused-ring (bicyclic) bond motifs is 1. The van der Waals surface area contributed by atoms with Crippen molar-refractivity contribution in [1.29, 1.82) is 0 Å². The third-order valence-electron chi connectivity index (χ3n) is 5.22. The molecule has 120 valence electrons. The Kier molecular flexibility index (Phi) is 4.00. The normalized spacial score (nSPS) is 22.6. The predicted octanol–water partition coefficient (Wildman–Crippen LogP) is 2.94. The fourth-order valence-corrected chi connectivity index (χ4v) is 4.00. The van der Waals surface area contributed by atoms with Gasteiger partial charge in [0.2, 0.25) is 0 Å². The zero-order valence-corrected chi connectivity index (χ0v) is 13.4. The third kappa shape index (κ3) is 2.83. The molecule has 4 rings (SSSR count). The summed E-state index contributed by atoms with van der Waals surface area (Å²) in [5, 5.41) is 0.961. The summed E-state index contributed by atoms with van der Waals surface area (Å²) in [6.07, 6.45) is 6.69. The smallest absolute Gasteiger partial charge is 0.254 e. The summed E-state index contributed by atoms with van der Waals surface area (Å²) in [5.41, 5.74) is 1.68. The maximum absolute atomic E-state index is 13.1. The van der Waals surface area contributed by atoms with Crippen molar-refractivity contribution in [3.8, 4) is 0 Å². The number of aromatic nitrogens is 1. The molecule has 0 spiro atoms. The zero-order chi connectivity index (χ0) is 15.6. The standard InChI is InChI=1S/C19H23N3O/c23-19(17-9-10-20-18-8-2-1-7-16(17)18)22-13-5-6-15(14-22)21-11-3-4-12-21/h1-2,7-10,15H,3-6,11-14H2/t15-/m0/s1. The van der Waals surface area contributed by atoms with Gasteiger partial charge in [0.25, 0.3) is 5.91 Å². The van der Waals surface area contributed by atoms with E-state index in [0.717, 1.165) is 36.0 Å². The molecule has 1 aromatic heterocycles. The van der Waals surface area contributed by atoms with E-state index >= 15 is 0 Å². The summed E-state index contributed by atoms with van der Waals surface area (Å²) in [5.74, 6) is 0.160. The Hall–Kier alpha value is -1.94. The number of hydrogen-bond donors (Lipinski definition) is 0. The van der Waals surface area contributed by atoms with Crippen LogP contribution in [0.3, 0.4) is 0 Å². The number of pyridine rings is 1. The predicted molar refractivity (Wildman–Crippen MR) is 91.5 cm³/mol. The van der Waals surface area contributed by atoms with E-state index in [9.17, 15) is 4.79 Å². The van der Waals surface area contributed by atoms with E-state index in [1.807, 2.05) is 35.2 Å². The van der Waals surface area contributed by atoms with Crippen LogP contribution in [0.25, 0.3) is 10.9 Å². The number of hydrogen-bond acceptors (Lipinski definition) is 3. The number of rotatable bonds is 2. The van der Waals surface area contributed by atoms with Crippen LogP contribution in [0.1, 0.15) is 36.0 Å². The molecule has 2 aromatic rings. The molecule has 4 heteroatoms. The number of para-hydroxylation sites is 1. The number of carbonyl (C=O) groups is 1. The van der Waals surface area contributed by atoms with E-state index in [1.165, 1.54) is 32.4 Å². The summed E-state index contributed by atoms with van der Waals surface area (Å²) in [7, 11) is 0. The van der Waals surface area contributed by atoms with Gasteiger partial charge >= 0.3 is 0 Å². The first-order valence-corrected chi connectivity index (χ1v) is 8.70. The van der Waals surface area contributed by atoms with Crippen LogP contribution < -0.4 is 0 Å². The van der Waals surface area contributed by atoms with Gasteiger partial charge in [-0.05, 0) is 50.9 Å². The first-order valence-electron chi connectivity index (χ1n) is 8.70. The molecule has 1 amide bonds. The molecule has 2 saturated heterocycles. The minimum absolute atomic E-state index is 0.160. The van der Waals surface area contributed by atoms with Crippen LogP contribution in [0, 0.1) is 0 Å². The molecule has 2 fully saturated rings. The molecule has 4 nitrogen and oxygen atoms in total. The average molecular weight is 309 g/mol. The van der Waals surface area contributed by atoms with Gasteiger partial charge in [0, 0.05) is 30.7 Å². The molecule has 0 unspecified atom stereocenters. The van der Waals surface area contributed by atoms with E-state index in [0.29, 0.717) is 6.04 Å². The molecule has 0 radical (unpaired) electrons. The second kappa shape index (κ2) is 6.28. The van der Waals surface area contributed by atoms with Crippen molar-refractivity contribution in [2.75, 3.05) is 26.2 Å². The highest BCUT2D eigenvalue weighted by molar-refractivity contribution is 6.06. The molecule has 3 heterocycles. The van der Waals surface area contributed by atoms with Crippen LogP contribution in [-0.2, 0) is 0 Å². The van der Waals surface area contributed by atoms with Crippen LogP contribution in [0.15, 0.2) is 36.5 Å². The number of piperidine rings is 1. The minimum atomic E-state index is 0.160. The van der Waals surface area contributed by atoms with Crippen LogP contribution in [-0.4, -0.2) is 52.9 Å². The molecule has 1 atom stereocenters. The van der Waals surface area contributed by atoms with Crippen LogP contribution >= 0.6 is 0 Å². The Morgan fingerprint density at radius 1 is 1.04 bits per heavy atom. The van der Waals surface area contributed by atoms with Gasteiger partial charge in [-0.1, -0.05) is 18.2 Å². The van der Waals surface area contributed by atoms with Crippen molar-refractivity contribution in [2.45, 2.75) is 31.7 Å². The van der Waals surface area contributed by atoms with Gasteiger partial charge in [-0.15, -0.1) is 0 Å². The molecule has 23 heavy (non-hydrogen) atoms. The third-order valence-corrected chi connectivity index (χ3v) is 5.22. The molecule has 0 N–H and O–H groups in total. The lowest BCUT2D eigenvalue weighted by molar-refractivity contribution is 0.0610. The highest BCUT2D eigenvalue weighted by Gasteiger charge is 2.30. The number of amides is 1. The summed E-state index contributed by atoms with van der Waals surface area (Å²) in [6.45, 7) is 4.14. The number of benzene rings is 1. The lowest BCUT2D eigenvalue weighted by atomic mass is 10.0. The molecule has 2 aliphatic heterocycles. The van der Waals surface area contributed by atoms with Crippen molar-refractivity contribution < 1.29 is 4.79 Å². The lowest BCUT2D eigenvalue weighted by Crippen LogP contribution is -2.49. The van der Waals surface area contributed by atoms with Crippen molar-refractivity contribution >= 4 is 16.8 Å². The second-order valence-corrected chi connectivity index (χ2v) is 6.67. The highest BCUT2D eigenvalue weighted by atomic mass is 16.2. The van der Waals surface area contributed by atoms with Gasteiger partial charge in [-0.25, -0.2) is 0 Å². The van der Waals surface area contributed by atoms with Crippen molar-refractivity contribution in [3.63, 3.8) is 0 Å². The van der Waals surface area contributed by atoms with Crippen LogP contribution in [0.2, 0.25) is 0 Å². The molecule has 2 aliphatic rings. The van der Waals surface area contributed by atoms with E-state index in [2.05, 4.69) is 9.88 Å². The molecular formula is C19H23N3O. The molecular weight excluding hydrogens is 286 g/mol. The Balaban J connectivity index is 1.57. The fraction of sp³-hybridized carbons (Fsp3) is 0.474. The summed E-state index contributed by atoms with van der Waals surface area (Å²) in [6, 6.07) is 10.3. The van der Waals surface area contributed by atoms with Crippen molar-refractivity contribution in [1.82, 2.24) is 14.8 Å². The minimum Gasteiger partial charge on any atom is -0.337 e. The van der Waals surface area contributed by atoms with Crippen molar-refractivity contribution in [3.05, 3.63) is 42.1 Å². The first kappa shape index (κ1) is 14.6. The molecule has 0 saturated carbocycles.